The number of allylic oxidation sites excluding steroid dienone is 4. The van der Waals surface area contributed by atoms with Gasteiger partial charge in [-0.3, -0.25) is 4.79 Å². The fourth-order valence-corrected chi connectivity index (χ4v) is 2.49. The lowest BCUT2D eigenvalue weighted by atomic mass is 9.97. The van der Waals surface area contributed by atoms with Crippen molar-refractivity contribution in [1.29, 1.82) is 0 Å². The molecule has 0 spiro atoms. The van der Waals surface area contributed by atoms with Crippen LogP contribution in [0.4, 0.5) is 0 Å². The Balaban J connectivity index is 2.26. The Hall–Kier alpha value is -2.95. The van der Waals surface area contributed by atoms with Gasteiger partial charge in [0.1, 0.15) is 17.3 Å². The van der Waals surface area contributed by atoms with E-state index in [0.717, 1.165) is 29.9 Å². The summed E-state index contributed by atoms with van der Waals surface area (Å²) < 4.78 is 5.81. The zero-order chi connectivity index (χ0) is 17.5. The lowest BCUT2D eigenvalue weighted by molar-refractivity contribution is -0.114. The second-order valence-corrected chi connectivity index (χ2v) is 5.32. The Morgan fingerprint density at radius 3 is 2.42 bits per heavy atom. The van der Waals surface area contributed by atoms with Crippen LogP contribution in [0.5, 0.6) is 5.75 Å². The highest BCUT2D eigenvalue weighted by molar-refractivity contribution is 6.08. The summed E-state index contributed by atoms with van der Waals surface area (Å²) in [6, 6.07) is 7.47. The molecule has 0 saturated heterocycles. The lowest BCUT2D eigenvalue weighted by Crippen LogP contribution is -2.26. The Labute approximate surface area is 142 Å². The molecule has 1 aromatic carbocycles. The molecule has 0 bridgehead atoms. The van der Waals surface area contributed by atoms with Gasteiger partial charge < -0.3 is 21.5 Å². The second-order valence-electron chi connectivity index (χ2n) is 5.32. The summed E-state index contributed by atoms with van der Waals surface area (Å²) in [6.07, 6.45) is 9.97. The maximum absolute atomic E-state index is 11.8. The van der Waals surface area contributed by atoms with Gasteiger partial charge in [-0.15, -0.1) is 0 Å². The first-order chi connectivity index (χ1) is 11.6. The molecule has 5 N–H and O–H groups in total. The zero-order valence-corrected chi connectivity index (χ0v) is 14.0. The number of carbonyl (C=O) groups excluding carboxylic acids is 1. The van der Waals surface area contributed by atoms with Crippen LogP contribution < -0.4 is 21.5 Å². The number of rotatable bonds is 6. The highest BCUT2D eigenvalue weighted by atomic mass is 16.5. The van der Waals surface area contributed by atoms with Crippen LogP contribution in [0.3, 0.4) is 0 Å². The minimum absolute atomic E-state index is 0.244. The topological polar surface area (TPSA) is 90.4 Å². The number of primary amides is 1. The molecule has 0 aromatic heterocycles. The number of ether oxygens (including phenoxy) is 1. The van der Waals surface area contributed by atoms with Crippen LogP contribution in [0, 0.1) is 0 Å². The van der Waals surface area contributed by atoms with E-state index in [2.05, 4.69) is 17.5 Å². The average molecular weight is 325 g/mol. The van der Waals surface area contributed by atoms with E-state index < -0.39 is 5.91 Å². The van der Waals surface area contributed by atoms with Gasteiger partial charge in [0.05, 0.1) is 5.57 Å². The molecule has 0 aliphatic heterocycles. The number of carbonyl (C=O) groups is 1. The van der Waals surface area contributed by atoms with E-state index in [-0.39, 0.29) is 11.4 Å². The van der Waals surface area contributed by atoms with Crippen LogP contribution in [0.1, 0.15) is 25.3 Å². The summed E-state index contributed by atoms with van der Waals surface area (Å²) in [4.78, 5) is 11.8. The van der Waals surface area contributed by atoms with E-state index in [1.54, 1.807) is 7.05 Å². The van der Waals surface area contributed by atoms with Gasteiger partial charge in [-0.05, 0) is 55.2 Å². The molecular formula is C19H23N3O2. The number of nitrogens with two attached hydrogens (primary N) is 2. The van der Waals surface area contributed by atoms with Crippen molar-refractivity contribution in [2.45, 2.75) is 19.8 Å². The van der Waals surface area contributed by atoms with Crippen LogP contribution in [0.15, 0.2) is 65.7 Å². The van der Waals surface area contributed by atoms with Crippen molar-refractivity contribution < 1.29 is 9.53 Å². The maximum atomic E-state index is 11.8. The average Bonchev–Trinajstić information content (AvgIpc) is 2.60. The summed E-state index contributed by atoms with van der Waals surface area (Å²) >= 11 is 0. The number of benzene rings is 1. The maximum Gasteiger partial charge on any atom is 0.252 e. The van der Waals surface area contributed by atoms with Gasteiger partial charge in [0.2, 0.25) is 0 Å². The van der Waals surface area contributed by atoms with Gasteiger partial charge in [0, 0.05) is 7.05 Å². The molecule has 1 aliphatic carbocycles. The first-order valence-corrected chi connectivity index (χ1v) is 7.85. The molecule has 0 fully saturated rings. The van der Waals surface area contributed by atoms with Crippen LogP contribution >= 0.6 is 0 Å². The second kappa shape index (κ2) is 8.06. The number of nitrogens with one attached hydrogen (secondary N) is 1. The van der Waals surface area contributed by atoms with Crippen molar-refractivity contribution in [2.24, 2.45) is 11.5 Å². The minimum atomic E-state index is -0.576. The molecular weight excluding hydrogens is 302 g/mol. The van der Waals surface area contributed by atoms with Crippen molar-refractivity contribution in [1.82, 2.24) is 5.32 Å². The monoisotopic (exact) mass is 325 g/mol. The Morgan fingerprint density at radius 2 is 1.92 bits per heavy atom. The molecule has 1 aliphatic rings. The SMILES string of the molecule is C/C=C(\C(C(N)=O)=C(\N)NC)c1ccc(OC2=CCCC=C2)cc1. The normalized spacial score (nSPS) is 15.4. The van der Waals surface area contributed by atoms with Crippen LogP contribution in [-0.4, -0.2) is 13.0 Å². The molecule has 1 amide bonds. The Bertz CT molecular complexity index is 725. The van der Waals surface area contributed by atoms with Gasteiger partial charge in [0.15, 0.2) is 0 Å². The first kappa shape index (κ1) is 17.4. The Kier molecular flexibility index (Phi) is 5.84. The molecule has 0 atom stereocenters. The standard InChI is InChI=1S/C19H23N3O2/c1-3-16(17(19(21)23)18(20)22-2)13-9-11-15(12-10-13)24-14-7-5-4-6-8-14/h3,5,7-12,22H,4,6,20H2,1-2H3,(H2,21,23)/b16-3-,18-17+. The van der Waals surface area contributed by atoms with Gasteiger partial charge in [-0.1, -0.05) is 24.3 Å². The molecule has 0 radical (unpaired) electrons. The largest absolute Gasteiger partial charge is 0.458 e. The van der Waals surface area contributed by atoms with E-state index >= 15 is 0 Å². The van der Waals surface area contributed by atoms with E-state index in [9.17, 15) is 4.79 Å². The van der Waals surface area contributed by atoms with Crippen LogP contribution in [0.2, 0.25) is 0 Å². The van der Waals surface area contributed by atoms with Crippen molar-refractivity contribution in [3.8, 4) is 5.75 Å². The number of hydrogen-bond acceptors (Lipinski definition) is 4. The summed E-state index contributed by atoms with van der Waals surface area (Å²) in [6.45, 7) is 1.84. The molecule has 126 valence electrons. The molecule has 0 saturated carbocycles. The predicted molar refractivity (Wildman–Crippen MR) is 96.6 cm³/mol. The van der Waals surface area contributed by atoms with Crippen molar-refractivity contribution in [3.05, 3.63) is 71.3 Å². The number of hydrogen-bond donors (Lipinski definition) is 3. The molecule has 1 aromatic rings. The predicted octanol–water partition coefficient (Wildman–Crippen LogP) is 2.58. The zero-order valence-electron chi connectivity index (χ0n) is 14.0. The summed E-state index contributed by atoms with van der Waals surface area (Å²) in [5.74, 6) is 1.25. The highest BCUT2D eigenvalue weighted by Gasteiger charge is 2.16. The quantitative estimate of drug-likeness (QED) is 0.554. The molecule has 0 heterocycles. The summed E-state index contributed by atoms with van der Waals surface area (Å²) in [5, 5.41) is 2.77. The fourth-order valence-electron chi connectivity index (χ4n) is 2.49. The third-order valence-electron chi connectivity index (χ3n) is 3.71. The van der Waals surface area contributed by atoms with E-state index in [4.69, 9.17) is 16.2 Å². The van der Waals surface area contributed by atoms with Gasteiger partial charge >= 0.3 is 0 Å². The lowest BCUT2D eigenvalue weighted by Gasteiger charge is -2.14. The van der Waals surface area contributed by atoms with Gasteiger partial charge in [0.25, 0.3) is 5.91 Å². The van der Waals surface area contributed by atoms with E-state index in [1.807, 2.05) is 43.3 Å². The molecule has 5 heteroatoms. The third kappa shape index (κ3) is 4.07. The summed E-state index contributed by atoms with van der Waals surface area (Å²) in [7, 11) is 1.65. The van der Waals surface area contributed by atoms with Crippen molar-refractivity contribution in [3.63, 3.8) is 0 Å². The molecule has 5 nitrogen and oxygen atoms in total. The molecule has 24 heavy (non-hydrogen) atoms. The minimum Gasteiger partial charge on any atom is -0.458 e. The smallest absolute Gasteiger partial charge is 0.252 e. The van der Waals surface area contributed by atoms with Crippen molar-refractivity contribution >= 4 is 11.5 Å². The van der Waals surface area contributed by atoms with Crippen LogP contribution in [0.25, 0.3) is 5.57 Å². The first-order valence-electron chi connectivity index (χ1n) is 7.85. The van der Waals surface area contributed by atoms with E-state index in [0.29, 0.717) is 5.57 Å². The van der Waals surface area contributed by atoms with Crippen molar-refractivity contribution in [2.75, 3.05) is 7.05 Å². The van der Waals surface area contributed by atoms with Crippen LogP contribution in [-0.2, 0) is 4.79 Å². The third-order valence-corrected chi connectivity index (χ3v) is 3.71. The van der Waals surface area contributed by atoms with E-state index in [1.165, 1.54) is 0 Å². The fraction of sp³-hybridized carbons (Fsp3) is 0.211. The molecule has 2 rings (SSSR count). The summed E-state index contributed by atoms with van der Waals surface area (Å²) in [5.41, 5.74) is 13.1. The highest BCUT2D eigenvalue weighted by Crippen LogP contribution is 2.26. The van der Waals surface area contributed by atoms with Gasteiger partial charge in [-0.2, -0.15) is 0 Å². The Morgan fingerprint density at radius 1 is 1.21 bits per heavy atom. The van der Waals surface area contributed by atoms with Gasteiger partial charge in [-0.25, -0.2) is 0 Å². The molecule has 0 unspecified atom stereocenters. The number of amides is 1.